The number of carbonyl (C=O) groups is 2. The smallest absolute Gasteiger partial charge is 0.314 e. The highest BCUT2D eigenvalue weighted by Crippen LogP contribution is 2.27. The topological polar surface area (TPSA) is 94.1 Å². The van der Waals surface area contributed by atoms with Gasteiger partial charge < -0.3 is 16.0 Å². The largest absolute Gasteiger partial charge is 0.323 e. The third-order valence-corrected chi connectivity index (χ3v) is 4.62. The summed E-state index contributed by atoms with van der Waals surface area (Å²) in [6.45, 7) is 1.77. The molecular formula is C24H22F2N4O2. The molecule has 0 radical (unpaired) electrons. The van der Waals surface area contributed by atoms with Gasteiger partial charge in [-0.05, 0) is 35.4 Å². The van der Waals surface area contributed by atoms with E-state index in [-0.39, 0.29) is 17.4 Å². The molecule has 0 fully saturated rings. The molecule has 164 valence electrons. The molecule has 3 rings (SSSR count). The normalized spacial score (nSPS) is 11.3. The number of hydrogen-bond donors (Lipinski definition) is 4. The first-order valence-corrected chi connectivity index (χ1v) is 9.93. The molecular weight excluding hydrogens is 414 g/mol. The van der Waals surface area contributed by atoms with E-state index in [1.54, 1.807) is 31.2 Å². The zero-order valence-corrected chi connectivity index (χ0v) is 17.3. The zero-order chi connectivity index (χ0) is 23.1. The number of rotatable bonds is 6. The summed E-state index contributed by atoms with van der Waals surface area (Å²) in [5.41, 5.74) is 1.69. The van der Waals surface area contributed by atoms with Gasteiger partial charge in [-0.3, -0.25) is 10.2 Å². The maximum atomic E-state index is 13.3. The lowest BCUT2D eigenvalue weighted by Gasteiger charge is -2.19. The minimum atomic E-state index is -0.809. The summed E-state index contributed by atoms with van der Waals surface area (Å²) in [7, 11) is 0. The molecule has 1 atom stereocenters. The average molecular weight is 436 g/mol. The molecule has 1 unspecified atom stereocenters. The predicted octanol–water partition coefficient (Wildman–Crippen LogP) is 5.24. The summed E-state index contributed by atoms with van der Waals surface area (Å²) in [5.74, 6) is -2.58. The van der Waals surface area contributed by atoms with Crippen molar-refractivity contribution in [1.29, 1.82) is 5.41 Å². The van der Waals surface area contributed by atoms with E-state index in [9.17, 15) is 18.4 Å². The second kappa shape index (κ2) is 10.3. The Morgan fingerprint density at radius 3 is 2.12 bits per heavy atom. The van der Waals surface area contributed by atoms with Gasteiger partial charge in [0.1, 0.15) is 11.6 Å². The van der Waals surface area contributed by atoms with Gasteiger partial charge in [-0.25, -0.2) is 13.6 Å². The Morgan fingerprint density at radius 2 is 1.47 bits per heavy atom. The van der Waals surface area contributed by atoms with Crippen LogP contribution in [0.3, 0.4) is 0 Å². The van der Waals surface area contributed by atoms with E-state index in [4.69, 9.17) is 5.41 Å². The average Bonchev–Trinajstić information content (AvgIpc) is 2.74. The Bertz CT molecular complexity index is 1120. The molecule has 3 aromatic rings. The van der Waals surface area contributed by atoms with Gasteiger partial charge in [-0.15, -0.1) is 0 Å². The second-order valence-electron chi connectivity index (χ2n) is 7.03. The lowest BCUT2D eigenvalue weighted by molar-refractivity contribution is -0.120. The Labute approximate surface area is 184 Å². The highest BCUT2D eigenvalue weighted by atomic mass is 19.1. The van der Waals surface area contributed by atoms with Crippen LogP contribution in [0.1, 0.15) is 30.4 Å². The second-order valence-corrected chi connectivity index (χ2v) is 7.03. The van der Waals surface area contributed by atoms with Crippen LogP contribution < -0.4 is 16.0 Å². The zero-order valence-electron chi connectivity index (χ0n) is 17.3. The number of hydrogen-bond acceptors (Lipinski definition) is 3. The summed E-state index contributed by atoms with van der Waals surface area (Å²) in [6, 6.07) is 17.8. The minimum absolute atomic E-state index is 0.0317. The van der Waals surface area contributed by atoms with Crippen molar-refractivity contribution in [3.8, 4) is 0 Å². The van der Waals surface area contributed by atoms with Crippen LogP contribution in [0.4, 0.5) is 25.0 Å². The van der Waals surface area contributed by atoms with E-state index in [0.717, 1.165) is 17.7 Å². The first-order valence-electron chi connectivity index (χ1n) is 9.93. The standard InChI is InChI=1S/C24H22F2N4O2/c1-2-21(27)30-23(31)22(15-7-4-3-5-8-15)16-9-6-10-19(11-16)28-24(32)29-20-13-17(25)12-18(26)14-20/h3-14,22H,2H2,1H3,(H2,27,30,31)(H2,28,29,32). The molecule has 0 bridgehead atoms. The fraction of sp³-hybridized carbons (Fsp3) is 0.125. The maximum absolute atomic E-state index is 13.3. The number of urea groups is 1. The molecule has 0 aromatic heterocycles. The third-order valence-electron chi connectivity index (χ3n) is 4.62. The molecule has 32 heavy (non-hydrogen) atoms. The van der Waals surface area contributed by atoms with Gasteiger partial charge in [-0.1, -0.05) is 49.4 Å². The highest BCUT2D eigenvalue weighted by molar-refractivity contribution is 6.02. The van der Waals surface area contributed by atoms with E-state index in [1.807, 2.05) is 30.3 Å². The Hall–Kier alpha value is -4.07. The number of benzene rings is 3. The first-order chi connectivity index (χ1) is 15.4. The molecule has 0 saturated heterocycles. The van der Waals surface area contributed by atoms with Crippen molar-refractivity contribution in [2.24, 2.45) is 0 Å². The van der Waals surface area contributed by atoms with Crippen molar-refractivity contribution in [1.82, 2.24) is 5.32 Å². The highest BCUT2D eigenvalue weighted by Gasteiger charge is 2.23. The van der Waals surface area contributed by atoms with Gasteiger partial charge in [0.2, 0.25) is 5.91 Å². The Kier molecular flexibility index (Phi) is 7.28. The van der Waals surface area contributed by atoms with E-state index in [1.165, 1.54) is 0 Å². The lowest BCUT2D eigenvalue weighted by Crippen LogP contribution is -2.34. The van der Waals surface area contributed by atoms with Crippen LogP contribution in [0.5, 0.6) is 0 Å². The van der Waals surface area contributed by atoms with Crippen molar-refractivity contribution < 1.29 is 18.4 Å². The number of amidine groups is 1. The van der Waals surface area contributed by atoms with Crippen molar-refractivity contribution >= 4 is 29.1 Å². The van der Waals surface area contributed by atoms with Gasteiger partial charge in [0.05, 0.1) is 11.8 Å². The van der Waals surface area contributed by atoms with Gasteiger partial charge in [0.25, 0.3) is 0 Å². The van der Waals surface area contributed by atoms with Crippen molar-refractivity contribution in [2.45, 2.75) is 19.3 Å². The minimum Gasteiger partial charge on any atom is -0.314 e. The van der Waals surface area contributed by atoms with Crippen LogP contribution in [-0.4, -0.2) is 17.8 Å². The van der Waals surface area contributed by atoms with Gasteiger partial charge in [0.15, 0.2) is 0 Å². The van der Waals surface area contributed by atoms with Crippen LogP contribution in [0.25, 0.3) is 0 Å². The van der Waals surface area contributed by atoms with Crippen LogP contribution in [0.2, 0.25) is 0 Å². The molecule has 0 saturated carbocycles. The molecule has 6 nitrogen and oxygen atoms in total. The molecule has 0 aliphatic carbocycles. The first kappa shape index (κ1) is 22.6. The molecule has 8 heteroatoms. The van der Waals surface area contributed by atoms with E-state index < -0.39 is 23.6 Å². The van der Waals surface area contributed by atoms with Crippen molar-refractivity contribution in [3.05, 3.63) is 95.6 Å². The maximum Gasteiger partial charge on any atom is 0.323 e. The fourth-order valence-electron chi connectivity index (χ4n) is 3.17. The van der Waals surface area contributed by atoms with Crippen LogP contribution >= 0.6 is 0 Å². The Morgan fingerprint density at radius 1 is 0.844 bits per heavy atom. The quantitative estimate of drug-likeness (QED) is 0.314. The molecule has 3 amide bonds. The molecule has 3 aromatic carbocycles. The van der Waals surface area contributed by atoms with Crippen LogP contribution in [0, 0.1) is 17.0 Å². The lowest BCUT2D eigenvalue weighted by atomic mass is 9.90. The SMILES string of the molecule is CCC(=N)NC(=O)C(c1ccccc1)c1cccc(NC(=O)Nc2cc(F)cc(F)c2)c1. The van der Waals surface area contributed by atoms with E-state index >= 15 is 0 Å². The molecule has 0 aliphatic heterocycles. The van der Waals surface area contributed by atoms with Gasteiger partial charge in [0, 0.05) is 23.9 Å². The fourth-order valence-corrected chi connectivity index (χ4v) is 3.17. The van der Waals surface area contributed by atoms with Crippen LogP contribution in [0.15, 0.2) is 72.8 Å². The van der Waals surface area contributed by atoms with E-state index in [2.05, 4.69) is 16.0 Å². The molecule has 0 aliphatic rings. The number of amides is 3. The number of carbonyl (C=O) groups excluding carboxylic acids is 2. The summed E-state index contributed by atoms with van der Waals surface area (Å²) < 4.78 is 26.7. The molecule has 0 heterocycles. The van der Waals surface area contributed by atoms with Gasteiger partial charge in [-0.2, -0.15) is 0 Å². The summed E-state index contributed by atoms with van der Waals surface area (Å²) in [6.07, 6.45) is 0.385. The third kappa shape index (κ3) is 5.98. The number of nitrogens with one attached hydrogen (secondary N) is 4. The summed E-state index contributed by atoms with van der Waals surface area (Å²) >= 11 is 0. The summed E-state index contributed by atoms with van der Waals surface area (Å²) in [5, 5.41) is 15.4. The molecule has 4 N–H and O–H groups in total. The number of halogens is 2. The van der Waals surface area contributed by atoms with Crippen LogP contribution in [-0.2, 0) is 4.79 Å². The monoisotopic (exact) mass is 436 g/mol. The van der Waals surface area contributed by atoms with Gasteiger partial charge >= 0.3 is 6.03 Å². The number of anilines is 2. The van der Waals surface area contributed by atoms with Crippen molar-refractivity contribution in [3.63, 3.8) is 0 Å². The molecule has 0 spiro atoms. The van der Waals surface area contributed by atoms with E-state index in [0.29, 0.717) is 23.7 Å². The summed E-state index contributed by atoms with van der Waals surface area (Å²) in [4.78, 5) is 25.2. The van der Waals surface area contributed by atoms with Crippen molar-refractivity contribution in [2.75, 3.05) is 10.6 Å². The predicted molar refractivity (Wildman–Crippen MR) is 120 cm³/mol. The Balaban J connectivity index is 1.83.